The summed E-state index contributed by atoms with van der Waals surface area (Å²) in [5, 5.41) is 0.878. The van der Waals surface area contributed by atoms with Crippen molar-refractivity contribution >= 4 is 28.3 Å². The van der Waals surface area contributed by atoms with Crippen LogP contribution >= 0.6 is 11.6 Å². The topological polar surface area (TPSA) is 52.0 Å². The Morgan fingerprint density at radius 2 is 1.88 bits per heavy atom. The summed E-state index contributed by atoms with van der Waals surface area (Å²) in [6, 6.07) is 12.4. The maximum atomic E-state index is 12.5. The van der Waals surface area contributed by atoms with Crippen molar-refractivity contribution in [3.63, 3.8) is 0 Å². The monoisotopic (exact) mass is 340 g/mol. The van der Waals surface area contributed by atoms with E-state index in [2.05, 4.69) is 18.8 Å². The quantitative estimate of drug-likeness (QED) is 0.673. The van der Waals surface area contributed by atoms with Gasteiger partial charge in [-0.05, 0) is 29.7 Å². The Kier molecular flexibility index (Phi) is 4.49. The average molecular weight is 341 g/mol. The van der Waals surface area contributed by atoms with Crippen molar-refractivity contribution in [2.45, 2.75) is 26.3 Å². The van der Waals surface area contributed by atoms with Gasteiger partial charge in [-0.15, -0.1) is 0 Å². The molecule has 122 valence electrons. The van der Waals surface area contributed by atoms with Gasteiger partial charge >= 0.3 is 0 Å². The number of hydrogen-bond acceptors (Lipinski definition) is 3. The van der Waals surface area contributed by atoms with Gasteiger partial charge < -0.3 is 0 Å². The molecular weight excluding hydrogens is 324 g/mol. The molecule has 3 aromatic rings. The number of Topliss-reactive ketones (excluding diaryl/α,β-unsaturated/α-hetero) is 1. The number of rotatable bonds is 4. The summed E-state index contributed by atoms with van der Waals surface area (Å²) < 4.78 is 1.32. The first-order valence-corrected chi connectivity index (χ1v) is 8.11. The SMILES string of the molecule is CC(C)c1ccc(C(=O)Cn2cnc3ccc(Cl)cc3c2=O)cc1. The van der Waals surface area contributed by atoms with E-state index < -0.39 is 0 Å². The third-order valence-electron chi connectivity index (χ3n) is 4.00. The summed E-state index contributed by atoms with van der Waals surface area (Å²) in [7, 11) is 0. The third kappa shape index (κ3) is 3.24. The zero-order chi connectivity index (χ0) is 17.3. The second-order valence-corrected chi connectivity index (χ2v) is 6.48. The Morgan fingerprint density at radius 3 is 2.54 bits per heavy atom. The highest BCUT2D eigenvalue weighted by molar-refractivity contribution is 6.31. The van der Waals surface area contributed by atoms with Crippen molar-refractivity contribution < 1.29 is 4.79 Å². The lowest BCUT2D eigenvalue weighted by atomic mass is 10.0. The number of ketones is 1. The highest BCUT2D eigenvalue weighted by Crippen LogP contribution is 2.16. The summed E-state index contributed by atoms with van der Waals surface area (Å²) in [5.41, 5.74) is 2.05. The van der Waals surface area contributed by atoms with Crippen molar-refractivity contribution in [3.8, 4) is 0 Å². The minimum Gasteiger partial charge on any atom is -0.292 e. The second kappa shape index (κ2) is 6.57. The Hall–Kier alpha value is -2.46. The fourth-order valence-corrected chi connectivity index (χ4v) is 2.72. The highest BCUT2D eigenvalue weighted by atomic mass is 35.5. The first kappa shape index (κ1) is 16.4. The highest BCUT2D eigenvalue weighted by Gasteiger charge is 2.11. The fraction of sp³-hybridized carbons (Fsp3) is 0.211. The van der Waals surface area contributed by atoms with Gasteiger partial charge in [0, 0.05) is 10.6 Å². The first-order chi connectivity index (χ1) is 11.5. The minimum absolute atomic E-state index is 0.0463. The maximum Gasteiger partial charge on any atom is 0.261 e. The van der Waals surface area contributed by atoms with Gasteiger partial charge in [-0.3, -0.25) is 14.2 Å². The van der Waals surface area contributed by atoms with Gasteiger partial charge in [-0.2, -0.15) is 0 Å². The molecule has 1 heterocycles. The van der Waals surface area contributed by atoms with Crippen LogP contribution in [-0.4, -0.2) is 15.3 Å². The molecule has 0 amide bonds. The van der Waals surface area contributed by atoms with Crippen LogP contribution in [0.15, 0.2) is 53.6 Å². The molecule has 4 nitrogen and oxygen atoms in total. The second-order valence-electron chi connectivity index (χ2n) is 6.04. The number of carbonyl (C=O) groups is 1. The molecule has 0 aliphatic rings. The molecule has 0 N–H and O–H groups in total. The van der Waals surface area contributed by atoms with Gasteiger partial charge in [0.1, 0.15) is 0 Å². The van der Waals surface area contributed by atoms with Crippen molar-refractivity contribution in [2.24, 2.45) is 0 Å². The molecule has 3 rings (SSSR count). The Labute approximate surface area is 144 Å². The van der Waals surface area contributed by atoms with Gasteiger partial charge in [-0.1, -0.05) is 49.7 Å². The Morgan fingerprint density at radius 1 is 1.17 bits per heavy atom. The van der Waals surface area contributed by atoms with E-state index >= 15 is 0 Å². The maximum absolute atomic E-state index is 12.5. The van der Waals surface area contributed by atoms with Crippen LogP contribution in [0.2, 0.25) is 5.02 Å². The van der Waals surface area contributed by atoms with Crippen LogP contribution in [0.5, 0.6) is 0 Å². The Balaban J connectivity index is 1.90. The van der Waals surface area contributed by atoms with E-state index in [1.807, 2.05) is 12.1 Å². The molecule has 0 fully saturated rings. The van der Waals surface area contributed by atoms with Crippen molar-refractivity contribution in [3.05, 3.63) is 75.3 Å². The van der Waals surface area contributed by atoms with Crippen molar-refractivity contribution in [1.82, 2.24) is 9.55 Å². The summed E-state index contributed by atoms with van der Waals surface area (Å²) in [5.74, 6) is 0.279. The average Bonchev–Trinajstić information content (AvgIpc) is 2.58. The van der Waals surface area contributed by atoms with E-state index in [1.54, 1.807) is 30.3 Å². The molecule has 0 atom stereocenters. The summed E-state index contributed by atoms with van der Waals surface area (Å²) in [4.78, 5) is 29.2. The van der Waals surface area contributed by atoms with Crippen molar-refractivity contribution in [1.29, 1.82) is 0 Å². The lowest BCUT2D eigenvalue weighted by Crippen LogP contribution is -2.24. The number of halogens is 1. The summed E-state index contributed by atoms with van der Waals surface area (Å²) >= 11 is 5.94. The van der Waals surface area contributed by atoms with E-state index in [9.17, 15) is 9.59 Å². The smallest absolute Gasteiger partial charge is 0.261 e. The van der Waals surface area contributed by atoms with E-state index in [4.69, 9.17) is 11.6 Å². The van der Waals surface area contributed by atoms with Crippen LogP contribution in [0.4, 0.5) is 0 Å². The largest absolute Gasteiger partial charge is 0.292 e. The molecule has 5 heteroatoms. The van der Waals surface area contributed by atoms with E-state index in [0.29, 0.717) is 27.4 Å². The molecule has 1 aromatic heterocycles. The predicted molar refractivity (Wildman–Crippen MR) is 95.9 cm³/mol. The van der Waals surface area contributed by atoms with Crippen LogP contribution < -0.4 is 5.56 Å². The van der Waals surface area contributed by atoms with Gasteiger partial charge in [-0.25, -0.2) is 4.98 Å². The number of carbonyl (C=O) groups excluding carboxylic acids is 1. The molecule has 0 saturated carbocycles. The Bertz CT molecular complexity index is 959. The zero-order valence-corrected chi connectivity index (χ0v) is 14.2. The summed E-state index contributed by atoms with van der Waals surface area (Å²) in [6.45, 7) is 4.15. The number of fused-ring (bicyclic) bond motifs is 1. The molecule has 0 radical (unpaired) electrons. The van der Waals surface area contributed by atoms with Gasteiger partial charge in [0.2, 0.25) is 0 Å². The van der Waals surface area contributed by atoms with Crippen LogP contribution in [0.3, 0.4) is 0 Å². The number of benzene rings is 2. The van der Waals surface area contributed by atoms with Gasteiger partial charge in [0.25, 0.3) is 5.56 Å². The molecule has 0 unspecified atom stereocenters. The van der Waals surface area contributed by atoms with E-state index in [0.717, 1.165) is 0 Å². The normalized spacial score (nSPS) is 11.2. The molecule has 0 aliphatic carbocycles. The molecule has 0 spiro atoms. The number of hydrogen-bond donors (Lipinski definition) is 0. The van der Waals surface area contributed by atoms with Crippen LogP contribution in [-0.2, 0) is 6.54 Å². The number of nitrogens with zero attached hydrogens (tertiary/aromatic N) is 2. The molecule has 0 saturated heterocycles. The van der Waals surface area contributed by atoms with Crippen LogP contribution in [0.25, 0.3) is 10.9 Å². The predicted octanol–water partition coefficient (Wildman–Crippen LogP) is 4.06. The van der Waals surface area contributed by atoms with Gasteiger partial charge in [0.05, 0.1) is 23.8 Å². The zero-order valence-electron chi connectivity index (χ0n) is 13.5. The standard InChI is InChI=1S/C19H17ClN2O2/c1-12(2)13-3-5-14(6-4-13)18(23)10-22-11-21-17-8-7-15(20)9-16(17)19(22)24/h3-9,11-12H,10H2,1-2H3. The summed E-state index contributed by atoms with van der Waals surface area (Å²) in [6.07, 6.45) is 1.40. The van der Waals surface area contributed by atoms with Crippen molar-refractivity contribution in [2.75, 3.05) is 0 Å². The lowest BCUT2D eigenvalue weighted by Gasteiger charge is -2.08. The van der Waals surface area contributed by atoms with Crippen LogP contribution in [0.1, 0.15) is 35.7 Å². The molecule has 0 bridgehead atoms. The number of aromatic nitrogens is 2. The molecule has 2 aromatic carbocycles. The molecular formula is C19H17ClN2O2. The van der Waals surface area contributed by atoms with Crippen LogP contribution in [0, 0.1) is 0 Å². The fourth-order valence-electron chi connectivity index (χ4n) is 2.54. The van der Waals surface area contributed by atoms with E-state index in [1.165, 1.54) is 16.5 Å². The first-order valence-electron chi connectivity index (χ1n) is 7.73. The third-order valence-corrected chi connectivity index (χ3v) is 4.23. The lowest BCUT2D eigenvalue weighted by molar-refractivity contribution is 0.0970. The van der Waals surface area contributed by atoms with E-state index in [-0.39, 0.29) is 17.9 Å². The molecule has 0 aliphatic heterocycles. The minimum atomic E-state index is -0.269. The van der Waals surface area contributed by atoms with Gasteiger partial charge in [0.15, 0.2) is 5.78 Å². The molecule has 24 heavy (non-hydrogen) atoms.